The van der Waals surface area contributed by atoms with E-state index in [9.17, 15) is 0 Å². The summed E-state index contributed by atoms with van der Waals surface area (Å²) >= 11 is 4.08. The lowest BCUT2D eigenvalue weighted by Gasteiger charge is -2.34. The minimum atomic E-state index is 0.173. The summed E-state index contributed by atoms with van der Waals surface area (Å²) in [4.78, 5) is 4.31. The molecule has 4 unspecified atom stereocenters. The third-order valence-corrected chi connectivity index (χ3v) is 7.04. The van der Waals surface area contributed by atoms with Crippen LogP contribution in [0, 0.1) is 0 Å². The highest BCUT2D eigenvalue weighted by Gasteiger charge is 2.30. The van der Waals surface area contributed by atoms with Crippen LogP contribution in [0.5, 0.6) is 0 Å². The molecule has 1 fully saturated rings. The van der Waals surface area contributed by atoms with E-state index in [0.717, 1.165) is 29.8 Å². The molecule has 1 aliphatic heterocycles. The standard InChI is InChI=1S/C12H22N4S2/c1-4-16-12(14-7-15-16)5-10(13)11-6-17-8(2)9(3)18-11/h7-11H,4-6,13H2,1-3H3. The van der Waals surface area contributed by atoms with Crippen molar-refractivity contribution in [1.29, 1.82) is 0 Å². The predicted molar refractivity (Wildman–Crippen MR) is 80.1 cm³/mol. The van der Waals surface area contributed by atoms with Gasteiger partial charge in [-0.05, 0) is 6.92 Å². The van der Waals surface area contributed by atoms with E-state index in [1.165, 1.54) is 0 Å². The molecular weight excluding hydrogens is 264 g/mol. The Kier molecular flexibility index (Phi) is 4.98. The van der Waals surface area contributed by atoms with Gasteiger partial charge in [0.05, 0.1) is 0 Å². The highest BCUT2D eigenvalue weighted by Crippen LogP contribution is 2.37. The zero-order chi connectivity index (χ0) is 13.1. The normalized spacial score (nSPS) is 30.3. The van der Waals surface area contributed by atoms with E-state index in [2.05, 4.69) is 30.9 Å². The van der Waals surface area contributed by atoms with Gasteiger partial charge >= 0.3 is 0 Å². The first kappa shape index (κ1) is 14.2. The SMILES string of the molecule is CCn1ncnc1CC(N)C1CSC(C)C(C)S1. The Hall–Kier alpha value is -0.200. The maximum Gasteiger partial charge on any atom is 0.138 e. The second kappa shape index (κ2) is 6.30. The number of nitrogens with zero attached hydrogens (tertiary/aromatic N) is 3. The van der Waals surface area contributed by atoms with E-state index in [-0.39, 0.29) is 6.04 Å². The van der Waals surface area contributed by atoms with Crippen molar-refractivity contribution in [3.05, 3.63) is 12.2 Å². The molecule has 1 aliphatic rings. The molecule has 6 heteroatoms. The second-order valence-corrected chi connectivity index (χ2v) is 7.81. The van der Waals surface area contributed by atoms with E-state index in [0.29, 0.717) is 10.5 Å². The van der Waals surface area contributed by atoms with Gasteiger partial charge < -0.3 is 5.73 Å². The molecular formula is C12H22N4S2. The molecule has 4 atom stereocenters. The van der Waals surface area contributed by atoms with Crippen LogP contribution in [0.4, 0.5) is 0 Å². The molecule has 0 amide bonds. The molecule has 0 aliphatic carbocycles. The van der Waals surface area contributed by atoms with E-state index in [1.807, 2.05) is 28.2 Å². The highest BCUT2D eigenvalue weighted by atomic mass is 32.2. The Balaban J connectivity index is 1.94. The van der Waals surface area contributed by atoms with Crippen molar-refractivity contribution in [2.45, 2.75) is 55.5 Å². The van der Waals surface area contributed by atoms with Gasteiger partial charge in [0.25, 0.3) is 0 Å². The quantitative estimate of drug-likeness (QED) is 0.914. The first-order chi connectivity index (χ1) is 8.61. The van der Waals surface area contributed by atoms with Gasteiger partial charge in [0.2, 0.25) is 0 Å². The number of hydrogen-bond acceptors (Lipinski definition) is 5. The van der Waals surface area contributed by atoms with E-state index in [4.69, 9.17) is 5.73 Å². The molecule has 0 bridgehead atoms. The van der Waals surface area contributed by atoms with Crippen molar-refractivity contribution in [3.8, 4) is 0 Å². The van der Waals surface area contributed by atoms with Crippen LogP contribution in [-0.4, -0.2) is 42.3 Å². The highest BCUT2D eigenvalue weighted by molar-refractivity contribution is 8.07. The molecule has 0 spiro atoms. The number of hydrogen-bond donors (Lipinski definition) is 1. The van der Waals surface area contributed by atoms with E-state index in [1.54, 1.807) is 6.33 Å². The van der Waals surface area contributed by atoms with Gasteiger partial charge in [-0.15, -0.1) is 0 Å². The van der Waals surface area contributed by atoms with Gasteiger partial charge in [0, 0.05) is 40.5 Å². The van der Waals surface area contributed by atoms with E-state index >= 15 is 0 Å². The minimum absolute atomic E-state index is 0.173. The Morgan fingerprint density at radius 2 is 2.28 bits per heavy atom. The summed E-state index contributed by atoms with van der Waals surface area (Å²) in [5.74, 6) is 2.17. The number of aromatic nitrogens is 3. The van der Waals surface area contributed by atoms with Crippen LogP contribution < -0.4 is 5.73 Å². The van der Waals surface area contributed by atoms with Crippen LogP contribution in [-0.2, 0) is 13.0 Å². The predicted octanol–water partition coefficient (Wildman–Crippen LogP) is 1.79. The van der Waals surface area contributed by atoms with Crippen LogP contribution in [0.2, 0.25) is 0 Å². The summed E-state index contributed by atoms with van der Waals surface area (Å²) in [7, 11) is 0. The third-order valence-electron chi connectivity index (χ3n) is 3.46. The van der Waals surface area contributed by atoms with Crippen LogP contribution in [0.25, 0.3) is 0 Å². The summed E-state index contributed by atoms with van der Waals surface area (Å²) in [6.45, 7) is 7.55. The number of nitrogens with two attached hydrogens (primary N) is 1. The topological polar surface area (TPSA) is 56.7 Å². The first-order valence-electron chi connectivity index (χ1n) is 6.51. The lowest BCUT2D eigenvalue weighted by molar-refractivity contribution is 0.566. The Bertz CT molecular complexity index is 382. The Morgan fingerprint density at radius 1 is 1.50 bits per heavy atom. The molecule has 2 heterocycles. The zero-order valence-electron chi connectivity index (χ0n) is 11.2. The summed E-state index contributed by atoms with van der Waals surface area (Å²) in [5.41, 5.74) is 6.36. The summed E-state index contributed by atoms with van der Waals surface area (Å²) in [6.07, 6.45) is 2.45. The fourth-order valence-electron chi connectivity index (χ4n) is 2.08. The Morgan fingerprint density at radius 3 is 2.94 bits per heavy atom. The molecule has 2 rings (SSSR count). The van der Waals surface area contributed by atoms with Crippen molar-refractivity contribution < 1.29 is 0 Å². The summed E-state index contributed by atoms with van der Waals surface area (Å²) < 4.78 is 1.94. The first-order valence-corrected chi connectivity index (χ1v) is 8.50. The zero-order valence-corrected chi connectivity index (χ0v) is 12.9. The average molecular weight is 286 g/mol. The van der Waals surface area contributed by atoms with Gasteiger partial charge in [-0.25, -0.2) is 4.98 Å². The molecule has 1 aromatic heterocycles. The molecule has 18 heavy (non-hydrogen) atoms. The van der Waals surface area contributed by atoms with Crippen molar-refractivity contribution in [3.63, 3.8) is 0 Å². The number of thioether (sulfide) groups is 2. The van der Waals surface area contributed by atoms with Gasteiger partial charge in [-0.2, -0.15) is 28.6 Å². The van der Waals surface area contributed by atoms with Gasteiger partial charge in [0.1, 0.15) is 12.2 Å². The third kappa shape index (κ3) is 3.22. The molecule has 0 saturated carbocycles. The van der Waals surface area contributed by atoms with Crippen LogP contribution in [0.1, 0.15) is 26.6 Å². The van der Waals surface area contributed by atoms with Gasteiger partial charge in [-0.1, -0.05) is 13.8 Å². The average Bonchev–Trinajstić information content (AvgIpc) is 2.79. The van der Waals surface area contributed by atoms with Crippen LogP contribution >= 0.6 is 23.5 Å². The maximum atomic E-state index is 6.36. The molecule has 0 aromatic carbocycles. The largest absolute Gasteiger partial charge is 0.326 e. The fourth-order valence-corrected chi connectivity index (χ4v) is 5.15. The van der Waals surface area contributed by atoms with Crippen molar-refractivity contribution in [2.75, 3.05) is 5.75 Å². The van der Waals surface area contributed by atoms with Crippen molar-refractivity contribution in [2.24, 2.45) is 5.73 Å². The Labute approximate surface area is 117 Å². The van der Waals surface area contributed by atoms with E-state index < -0.39 is 0 Å². The molecule has 1 aromatic rings. The molecule has 1 saturated heterocycles. The van der Waals surface area contributed by atoms with Crippen molar-refractivity contribution >= 4 is 23.5 Å². The van der Waals surface area contributed by atoms with Crippen molar-refractivity contribution in [1.82, 2.24) is 14.8 Å². The van der Waals surface area contributed by atoms with Crippen LogP contribution in [0.15, 0.2) is 6.33 Å². The molecule has 102 valence electrons. The smallest absolute Gasteiger partial charge is 0.138 e. The number of aryl methyl sites for hydroxylation is 1. The monoisotopic (exact) mass is 286 g/mol. The molecule has 2 N–H and O–H groups in total. The van der Waals surface area contributed by atoms with Gasteiger partial charge in [-0.3, -0.25) is 4.68 Å². The maximum absolute atomic E-state index is 6.36. The fraction of sp³-hybridized carbons (Fsp3) is 0.833. The minimum Gasteiger partial charge on any atom is -0.326 e. The lowest BCUT2D eigenvalue weighted by Crippen LogP contribution is -2.41. The van der Waals surface area contributed by atoms with Gasteiger partial charge in [0.15, 0.2) is 0 Å². The summed E-state index contributed by atoms with van der Waals surface area (Å²) in [5, 5.41) is 6.15. The number of rotatable bonds is 4. The second-order valence-electron chi connectivity index (χ2n) is 4.78. The molecule has 4 nitrogen and oxygen atoms in total. The van der Waals surface area contributed by atoms with Crippen LogP contribution in [0.3, 0.4) is 0 Å². The molecule has 0 radical (unpaired) electrons. The summed E-state index contributed by atoms with van der Waals surface area (Å²) in [6, 6.07) is 0.173. The lowest BCUT2D eigenvalue weighted by atomic mass is 10.1.